The van der Waals surface area contributed by atoms with Crippen molar-refractivity contribution in [1.82, 2.24) is 20.2 Å². The van der Waals surface area contributed by atoms with Gasteiger partial charge in [0.1, 0.15) is 0 Å². The minimum atomic E-state index is -0.175. The van der Waals surface area contributed by atoms with Gasteiger partial charge >= 0.3 is 0 Å². The molecule has 7 nitrogen and oxygen atoms in total. The van der Waals surface area contributed by atoms with Gasteiger partial charge in [0.15, 0.2) is 0 Å². The highest BCUT2D eigenvalue weighted by Gasteiger charge is 2.17. The van der Waals surface area contributed by atoms with Gasteiger partial charge in [-0.1, -0.05) is 24.3 Å². The van der Waals surface area contributed by atoms with E-state index in [0.29, 0.717) is 31.6 Å². The van der Waals surface area contributed by atoms with Crippen LogP contribution in [0.3, 0.4) is 0 Å². The number of carbonyl (C=O) groups excluding carboxylic acids is 2. The third-order valence-electron chi connectivity index (χ3n) is 5.52. The van der Waals surface area contributed by atoms with Crippen LogP contribution >= 0.6 is 0 Å². The summed E-state index contributed by atoms with van der Waals surface area (Å²) in [6.07, 6.45) is 7.75. The lowest BCUT2D eigenvalue weighted by Gasteiger charge is -2.27. The molecule has 2 N–H and O–H groups in total. The van der Waals surface area contributed by atoms with E-state index >= 15 is 0 Å². The first-order chi connectivity index (χ1) is 15.7. The van der Waals surface area contributed by atoms with Gasteiger partial charge in [0, 0.05) is 62.4 Å². The number of carbonyl (C=O) groups is 2. The van der Waals surface area contributed by atoms with Crippen LogP contribution in [-0.2, 0) is 11.3 Å². The third kappa shape index (κ3) is 5.49. The summed E-state index contributed by atoms with van der Waals surface area (Å²) in [6.45, 7) is 2.63. The first-order valence-corrected chi connectivity index (χ1v) is 10.9. The van der Waals surface area contributed by atoms with Crippen molar-refractivity contribution < 1.29 is 9.59 Å². The molecule has 7 heteroatoms. The van der Waals surface area contributed by atoms with Gasteiger partial charge in [-0.3, -0.25) is 19.6 Å². The van der Waals surface area contributed by atoms with Crippen molar-refractivity contribution >= 4 is 17.5 Å². The lowest BCUT2D eigenvalue weighted by atomic mass is 10.1. The molecule has 32 heavy (non-hydrogen) atoms. The maximum Gasteiger partial charge on any atom is 0.253 e. The van der Waals surface area contributed by atoms with Crippen molar-refractivity contribution in [2.75, 3.05) is 25.0 Å². The van der Waals surface area contributed by atoms with Crippen LogP contribution in [0.2, 0.25) is 0 Å². The number of likely N-dealkylation sites (tertiary alicyclic amines) is 1. The summed E-state index contributed by atoms with van der Waals surface area (Å²) in [6, 6.07) is 15.3. The van der Waals surface area contributed by atoms with Gasteiger partial charge in [0.25, 0.3) is 5.91 Å². The maximum absolute atomic E-state index is 12.4. The Morgan fingerprint density at radius 1 is 1.03 bits per heavy atom. The molecule has 3 aromatic rings. The van der Waals surface area contributed by atoms with Crippen LogP contribution in [-0.4, -0.2) is 46.3 Å². The van der Waals surface area contributed by atoms with E-state index in [0.717, 1.165) is 41.9 Å². The zero-order valence-corrected chi connectivity index (χ0v) is 18.0. The van der Waals surface area contributed by atoms with E-state index in [4.69, 9.17) is 0 Å². The lowest BCUT2D eigenvalue weighted by molar-refractivity contribution is -0.133. The van der Waals surface area contributed by atoms with Crippen molar-refractivity contribution in [3.8, 4) is 11.3 Å². The van der Waals surface area contributed by atoms with Crippen molar-refractivity contribution in [2.45, 2.75) is 25.8 Å². The molecule has 0 saturated carbocycles. The molecule has 0 radical (unpaired) electrons. The quantitative estimate of drug-likeness (QED) is 0.572. The van der Waals surface area contributed by atoms with Crippen LogP contribution in [0.4, 0.5) is 5.69 Å². The number of nitrogens with zero attached hydrogens (tertiary/aromatic N) is 3. The SMILES string of the molecule is O=C(NCc1cccnc1)c1ccc(-c2ccccc2NCCN2CCCCC2=O)nc1. The van der Waals surface area contributed by atoms with Crippen molar-refractivity contribution in [2.24, 2.45) is 0 Å². The summed E-state index contributed by atoms with van der Waals surface area (Å²) in [4.78, 5) is 34.9. The first-order valence-electron chi connectivity index (χ1n) is 10.9. The second-order valence-corrected chi connectivity index (χ2v) is 7.79. The molecule has 3 heterocycles. The second-order valence-electron chi connectivity index (χ2n) is 7.79. The van der Waals surface area contributed by atoms with E-state index in [1.165, 1.54) is 0 Å². The molecular formula is C25H27N5O2. The number of amides is 2. The highest BCUT2D eigenvalue weighted by Crippen LogP contribution is 2.26. The third-order valence-corrected chi connectivity index (χ3v) is 5.52. The Bertz CT molecular complexity index is 1050. The number of hydrogen-bond acceptors (Lipinski definition) is 5. The standard InChI is InChI=1S/C25H27N5O2/c31-24-9-3-4-14-30(24)15-13-27-22-8-2-1-7-21(22)23-11-10-20(18-28-23)25(32)29-17-19-6-5-12-26-16-19/h1-2,5-8,10-12,16,18,27H,3-4,9,13-15,17H2,(H,29,32). The smallest absolute Gasteiger partial charge is 0.253 e. The van der Waals surface area contributed by atoms with Crippen molar-refractivity contribution in [1.29, 1.82) is 0 Å². The minimum absolute atomic E-state index is 0.175. The van der Waals surface area contributed by atoms with E-state index in [9.17, 15) is 9.59 Å². The summed E-state index contributed by atoms with van der Waals surface area (Å²) < 4.78 is 0. The predicted octanol–water partition coefficient (Wildman–Crippen LogP) is 3.50. The summed E-state index contributed by atoms with van der Waals surface area (Å²) in [5.74, 6) is 0.0657. The Hall–Kier alpha value is -3.74. The average molecular weight is 430 g/mol. The van der Waals surface area contributed by atoms with Gasteiger partial charge in [0.2, 0.25) is 5.91 Å². The van der Waals surface area contributed by atoms with Gasteiger partial charge in [0.05, 0.1) is 11.3 Å². The molecule has 164 valence electrons. The van der Waals surface area contributed by atoms with Crippen LogP contribution in [0.1, 0.15) is 35.2 Å². The molecule has 0 bridgehead atoms. The molecule has 1 fully saturated rings. The van der Waals surface area contributed by atoms with Crippen LogP contribution in [0.25, 0.3) is 11.3 Å². The molecule has 1 aliphatic rings. The summed E-state index contributed by atoms with van der Waals surface area (Å²) in [5, 5.41) is 6.32. The van der Waals surface area contributed by atoms with Crippen LogP contribution in [0.15, 0.2) is 67.1 Å². The van der Waals surface area contributed by atoms with E-state index in [1.807, 2.05) is 47.4 Å². The van der Waals surface area contributed by atoms with E-state index in [1.54, 1.807) is 24.7 Å². The van der Waals surface area contributed by atoms with Crippen LogP contribution in [0, 0.1) is 0 Å². The first kappa shape index (κ1) is 21.5. The molecular weight excluding hydrogens is 402 g/mol. The lowest BCUT2D eigenvalue weighted by Crippen LogP contribution is -2.38. The number of pyridine rings is 2. The topological polar surface area (TPSA) is 87.2 Å². The fraction of sp³-hybridized carbons (Fsp3) is 0.280. The molecule has 0 aliphatic carbocycles. The van der Waals surface area contributed by atoms with Gasteiger partial charge in [-0.05, 0) is 42.7 Å². The van der Waals surface area contributed by atoms with Gasteiger partial charge in [-0.25, -0.2) is 0 Å². The predicted molar refractivity (Wildman–Crippen MR) is 124 cm³/mol. The van der Waals surface area contributed by atoms with Crippen LogP contribution in [0.5, 0.6) is 0 Å². The molecule has 2 aromatic heterocycles. The number of rotatable bonds is 8. The number of anilines is 1. The number of benzene rings is 1. The van der Waals surface area contributed by atoms with Crippen molar-refractivity contribution in [3.05, 3.63) is 78.2 Å². The highest BCUT2D eigenvalue weighted by molar-refractivity contribution is 5.94. The van der Waals surface area contributed by atoms with E-state index < -0.39 is 0 Å². The van der Waals surface area contributed by atoms with E-state index in [2.05, 4.69) is 20.6 Å². The number of para-hydroxylation sites is 1. The zero-order valence-electron chi connectivity index (χ0n) is 18.0. The number of piperidine rings is 1. The fourth-order valence-corrected chi connectivity index (χ4v) is 3.76. The largest absolute Gasteiger partial charge is 0.383 e. The Morgan fingerprint density at radius 2 is 1.94 bits per heavy atom. The monoisotopic (exact) mass is 429 g/mol. The Kier molecular flexibility index (Phi) is 7.07. The number of nitrogens with one attached hydrogen (secondary N) is 2. The molecule has 1 aromatic carbocycles. The Morgan fingerprint density at radius 3 is 2.72 bits per heavy atom. The Labute approximate surface area is 187 Å². The van der Waals surface area contributed by atoms with Gasteiger partial charge in [-0.15, -0.1) is 0 Å². The zero-order chi connectivity index (χ0) is 22.2. The number of aromatic nitrogens is 2. The fourth-order valence-electron chi connectivity index (χ4n) is 3.76. The van der Waals surface area contributed by atoms with E-state index in [-0.39, 0.29) is 11.8 Å². The summed E-state index contributed by atoms with van der Waals surface area (Å²) >= 11 is 0. The highest BCUT2D eigenvalue weighted by atomic mass is 16.2. The van der Waals surface area contributed by atoms with Crippen molar-refractivity contribution in [3.63, 3.8) is 0 Å². The molecule has 4 rings (SSSR count). The van der Waals surface area contributed by atoms with Crippen LogP contribution < -0.4 is 10.6 Å². The minimum Gasteiger partial charge on any atom is -0.383 e. The molecule has 1 saturated heterocycles. The second kappa shape index (κ2) is 10.5. The molecule has 0 spiro atoms. The number of hydrogen-bond donors (Lipinski definition) is 2. The normalized spacial score (nSPS) is 13.6. The summed E-state index contributed by atoms with van der Waals surface area (Å²) in [5.41, 5.74) is 4.15. The van der Waals surface area contributed by atoms with Gasteiger partial charge in [-0.2, -0.15) is 0 Å². The Balaban J connectivity index is 1.37. The van der Waals surface area contributed by atoms with Gasteiger partial charge < -0.3 is 15.5 Å². The average Bonchev–Trinajstić information content (AvgIpc) is 2.85. The molecule has 2 amide bonds. The molecule has 0 unspecified atom stereocenters. The molecule has 1 aliphatic heterocycles. The maximum atomic E-state index is 12.4. The molecule has 0 atom stereocenters. The summed E-state index contributed by atoms with van der Waals surface area (Å²) in [7, 11) is 0.